The van der Waals surface area contributed by atoms with Gasteiger partial charge in [-0.25, -0.2) is 9.48 Å². The van der Waals surface area contributed by atoms with Crippen molar-refractivity contribution >= 4 is 29.4 Å². The van der Waals surface area contributed by atoms with E-state index in [1.807, 2.05) is 0 Å². The van der Waals surface area contributed by atoms with Gasteiger partial charge < -0.3 is 43.6 Å². The summed E-state index contributed by atoms with van der Waals surface area (Å²) >= 11 is 0. The fourth-order valence-electron chi connectivity index (χ4n) is 4.24. The van der Waals surface area contributed by atoms with Crippen molar-refractivity contribution in [2.75, 3.05) is 59.9 Å². The molecule has 1 heterocycles. The number of non-ortho nitro benzene ring substituents is 1. The van der Waals surface area contributed by atoms with Gasteiger partial charge in [-0.3, -0.25) is 29.8 Å². The first kappa shape index (κ1) is 40.5. The number of aryl methyl sites for hydroxylation is 1. The Morgan fingerprint density at radius 3 is 2.25 bits per heavy atom. The summed E-state index contributed by atoms with van der Waals surface area (Å²) in [7, 11) is 1.28. The van der Waals surface area contributed by atoms with Crippen LogP contribution in [0.15, 0.2) is 42.6 Å². The van der Waals surface area contributed by atoms with Crippen LogP contribution in [0.3, 0.4) is 0 Å². The summed E-state index contributed by atoms with van der Waals surface area (Å²) < 4.78 is 38.8. The lowest BCUT2D eigenvalue weighted by Crippen LogP contribution is -2.32. The minimum absolute atomic E-state index is 0.0106. The number of carbonyl (C=O) groups excluding carboxylic acids is 2. The molecule has 1 amide bonds. The maximum Gasteiger partial charge on any atom is 0.514 e. The molecule has 1 atom stereocenters. The number of amides is 1. The standard InChI is InChI=1S/C31H38N6O15/c1-21(51-31(41)52-24-6-4-23(5-7-24)36(42)43)25-17-27(46-2)28(18-26(25)37(44)45)50-20-29(38)32-9-11-47-13-15-49-16-14-48-12-10-35-19-22(33-34-35)3-8-30(39)40/h4-7,17-19,21H,3,8-16,20H2,1-2H3,(H,32,38)(H,39,40). The van der Waals surface area contributed by atoms with E-state index in [1.54, 1.807) is 10.9 Å². The monoisotopic (exact) mass is 734 g/mol. The van der Waals surface area contributed by atoms with Crippen molar-refractivity contribution in [1.29, 1.82) is 0 Å². The van der Waals surface area contributed by atoms with Crippen molar-refractivity contribution in [3.05, 3.63) is 74.1 Å². The number of hydrogen-bond donors (Lipinski definition) is 2. The van der Waals surface area contributed by atoms with Crippen molar-refractivity contribution in [2.45, 2.75) is 32.4 Å². The van der Waals surface area contributed by atoms with E-state index < -0.39 is 46.3 Å². The number of rotatable bonds is 24. The number of carboxylic acid groups (broad SMARTS) is 1. The molecule has 3 aromatic rings. The molecule has 0 fully saturated rings. The van der Waals surface area contributed by atoms with Crippen LogP contribution in [-0.2, 0) is 41.5 Å². The topological polar surface area (TPSA) is 265 Å². The number of hydrogen-bond acceptors (Lipinski definition) is 16. The molecule has 21 heteroatoms. The number of nitrogens with zero attached hydrogens (tertiary/aromatic N) is 5. The summed E-state index contributed by atoms with van der Waals surface area (Å²) in [5.41, 5.74) is -0.149. The second-order valence-corrected chi connectivity index (χ2v) is 10.5. The van der Waals surface area contributed by atoms with E-state index in [4.69, 9.17) is 38.3 Å². The van der Waals surface area contributed by atoms with Crippen molar-refractivity contribution in [3.63, 3.8) is 0 Å². The van der Waals surface area contributed by atoms with Crippen molar-refractivity contribution < 1.29 is 62.5 Å². The van der Waals surface area contributed by atoms with Gasteiger partial charge >= 0.3 is 12.1 Å². The van der Waals surface area contributed by atoms with Crippen LogP contribution in [0.2, 0.25) is 0 Å². The Balaban J connectivity index is 1.31. The normalized spacial score (nSPS) is 11.3. The highest BCUT2D eigenvalue weighted by Crippen LogP contribution is 2.38. The molecule has 0 saturated carbocycles. The third kappa shape index (κ3) is 14.1. The summed E-state index contributed by atoms with van der Waals surface area (Å²) in [4.78, 5) is 56.5. The first-order valence-corrected chi connectivity index (χ1v) is 15.7. The number of nitro groups is 2. The maximum atomic E-state index is 12.3. The fourth-order valence-corrected chi connectivity index (χ4v) is 4.24. The van der Waals surface area contributed by atoms with Gasteiger partial charge in [0.05, 0.1) is 86.9 Å². The zero-order valence-electron chi connectivity index (χ0n) is 28.3. The Hall–Kier alpha value is -5.93. The summed E-state index contributed by atoms with van der Waals surface area (Å²) in [6.45, 7) is 3.32. The number of methoxy groups -OCH3 is 1. The second kappa shape index (κ2) is 21.3. The summed E-state index contributed by atoms with van der Waals surface area (Å²) in [6.07, 6.45) is -0.424. The summed E-state index contributed by atoms with van der Waals surface area (Å²) in [6, 6.07) is 6.91. The number of carbonyl (C=O) groups is 3. The molecular formula is C31H38N6O15. The SMILES string of the molecule is COc1cc(C(C)OC(=O)Oc2ccc([N+](=O)[O-])cc2)c([N+](=O)[O-])cc1OCC(=O)NCCOCCOCCOCCn1cc(CCC(=O)O)nn1. The van der Waals surface area contributed by atoms with E-state index in [0.717, 1.165) is 18.2 Å². The minimum atomic E-state index is -1.21. The smallest absolute Gasteiger partial charge is 0.493 e. The summed E-state index contributed by atoms with van der Waals surface area (Å²) in [5.74, 6) is -1.54. The van der Waals surface area contributed by atoms with Gasteiger partial charge in [-0.05, 0) is 25.1 Å². The van der Waals surface area contributed by atoms with E-state index in [9.17, 15) is 34.6 Å². The highest BCUT2D eigenvalue weighted by molar-refractivity contribution is 5.77. The molecule has 3 rings (SSSR count). The molecule has 21 nitrogen and oxygen atoms in total. The number of nitrogens with one attached hydrogen (secondary N) is 1. The largest absolute Gasteiger partial charge is 0.514 e. The number of benzene rings is 2. The van der Waals surface area contributed by atoms with Crippen LogP contribution < -0.4 is 19.5 Å². The van der Waals surface area contributed by atoms with Gasteiger partial charge in [-0.2, -0.15) is 0 Å². The third-order valence-corrected chi connectivity index (χ3v) is 6.79. The average Bonchev–Trinajstić information content (AvgIpc) is 3.57. The Morgan fingerprint density at radius 1 is 0.942 bits per heavy atom. The lowest BCUT2D eigenvalue weighted by atomic mass is 10.1. The molecule has 282 valence electrons. The molecule has 2 aromatic carbocycles. The lowest BCUT2D eigenvalue weighted by Gasteiger charge is -2.17. The summed E-state index contributed by atoms with van der Waals surface area (Å²) in [5, 5.41) is 41.8. The van der Waals surface area contributed by atoms with Gasteiger partial charge in [0.15, 0.2) is 18.1 Å². The van der Waals surface area contributed by atoms with Crippen molar-refractivity contribution in [3.8, 4) is 17.2 Å². The molecule has 0 radical (unpaired) electrons. The van der Waals surface area contributed by atoms with Gasteiger partial charge in [0.25, 0.3) is 17.3 Å². The Labute approximate surface area is 295 Å². The second-order valence-electron chi connectivity index (χ2n) is 10.5. The van der Waals surface area contributed by atoms with Crippen LogP contribution in [0.5, 0.6) is 17.2 Å². The zero-order valence-corrected chi connectivity index (χ0v) is 28.3. The number of nitro benzene ring substituents is 2. The lowest BCUT2D eigenvalue weighted by molar-refractivity contribution is -0.386. The molecular weight excluding hydrogens is 696 g/mol. The Morgan fingerprint density at radius 2 is 1.62 bits per heavy atom. The third-order valence-electron chi connectivity index (χ3n) is 6.79. The average molecular weight is 735 g/mol. The highest BCUT2D eigenvalue weighted by atomic mass is 16.7. The predicted octanol–water partition coefficient (Wildman–Crippen LogP) is 2.64. The molecule has 0 saturated heterocycles. The van der Waals surface area contributed by atoms with Gasteiger partial charge in [-0.1, -0.05) is 5.21 Å². The molecule has 0 bridgehead atoms. The van der Waals surface area contributed by atoms with Crippen LogP contribution in [0.4, 0.5) is 16.2 Å². The van der Waals surface area contributed by atoms with Crippen molar-refractivity contribution in [2.24, 2.45) is 0 Å². The Kier molecular flexibility index (Phi) is 16.6. The quantitative estimate of drug-likeness (QED) is 0.0440. The molecule has 1 unspecified atom stereocenters. The highest BCUT2D eigenvalue weighted by Gasteiger charge is 2.27. The number of carboxylic acids is 1. The van der Waals surface area contributed by atoms with Crippen LogP contribution in [-0.4, -0.2) is 108 Å². The number of aromatic nitrogens is 3. The number of aliphatic carboxylic acids is 1. The van der Waals surface area contributed by atoms with E-state index in [1.165, 1.54) is 32.2 Å². The zero-order chi connectivity index (χ0) is 37.9. The number of ether oxygens (including phenoxy) is 7. The Bertz CT molecular complexity index is 1650. The first-order valence-electron chi connectivity index (χ1n) is 15.7. The fraction of sp³-hybridized carbons (Fsp3) is 0.452. The van der Waals surface area contributed by atoms with E-state index >= 15 is 0 Å². The van der Waals surface area contributed by atoms with Crippen LogP contribution in [0.1, 0.15) is 30.7 Å². The molecule has 0 spiro atoms. The van der Waals surface area contributed by atoms with Gasteiger partial charge in [0, 0.05) is 31.3 Å². The van der Waals surface area contributed by atoms with E-state index in [0.29, 0.717) is 45.1 Å². The molecule has 52 heavy (non-hydrogen) atoms. The molecule has 0 aliphatic rings. The van der Waals surface area contributed by atoms with Gasteiger partial charge in [0.2, 0.25) is 0 Å². The maximum absolute atomic E-state index is 12.3. The van der Waals surface area contributed by atoms with Crippen molar-refractivity contribution in [1.82, 2.24) is 20.3 Å². The van der Waals surface area contributed by atoms with E-state index in [-0.39, 0.29) is 54.7 Å². The van der Waals surface area contributed by atoms with Gasteiger partial charge in [0.1, 0.15) is 11.9 Å². The molecule has 0 aliphatic carbocycles. The van der Waals surface area contributed by atoms with Crippen LogP contribution >= 0.6 is 0 Å². The molecule has 0 aliphatic heterocycles. The first-order chi connectivity index (χ1) is 25.0. The van der Waals surface area contributed by atoms with Crippen LogP contribution in [0.25, 0.3) is 0 Å². The molecule has 2 N–H and O–H groups in total. The van der Waals surface area contributed by atoms with Gasteiger partial charge in [-0.15, -0.1) is 5.10 Å². The van der Waals surface area contributed by atoms with E-state index in [2.05, 4.69) is 15.6 Å². The minimum Gasteiger partial charge on any atom is -0.493 e. The van der Waals surface area contributed by atoms with Crippen LogP contribution in [0, 0.1) is 20.2 Å². The molecule has 1 aromatic heterocycles. The predicted molar refractivity (Wildman–Crippen MR) is 175 cm³/mol.